The van der Waals surface area contributed by atoms with Gasteiger partial charge in [0, 0.05) is 4.47 Å². The van der Waals surface area contributed by atoms with Gasteiger partial charge in [-0.3, -0.25) is 4.79 Å². The third-order valence-electron chi connectivity index (χ3n) is 1.98. The van der Waals surface area contributed by atoms with Crippen molar-refractivity contribution in [1.82, 2.24) is 0 Å². The van der Waals surface area contributed by atoms with Gasteiger partial charge in [0.1, 0.15) is 11.8 Å². The monoisotopic (exact) mass is 254 g/mol. The van der Waals surface area contributed by atoms with Gasteiger partial charge in [-0.1, -0.05) is 15.9 Å². The number of benzene rings is 1. The number of hydrogen-bond donors (Lipinski definition) is 1. The van der Waals surface area contributed by atoms with Crippen LogP contribution in [-0.2, 0) is 6.61 Å². The molecule has 14 heavy (non-hydrogen) atoms. The van der Waals surface area contributed by atoms with E-state index in [1.807, 2.05) is 0 Å². The van der Waals surface area contributed by atoms with Crippen LogP contribution in [0.1, 0.15) is 5.56 Å². The summed E-state index contributed by atoms with van der Waals surface area (Å²) in [6, 6.07) is 5.19. The number of aliphatic hydroxyl groups excluding tert-OH is 1. The zero-order valence-electron chi connectivity index (χ0n) is 7.16. The summed E-state index contributed by atoms with van der Waals surface area (Å²) in [5, 5.41) is 9.35. The molecule has 0 fully saturated rings. The summed E-state index contributed by atoms with van der Waals surface area (Å²) in [5.41, 5.74) is 0.612. The van der Waals surface area contributed by atoms with E-state index in [0.717, 1.165) is 4.47 Å². The summed E-state index contributed by atoms with van der Waals surface area (Å²) in [5.74, 6) is 0. The molecule has 1 aromatic carbocycles. The van der Waals surface area contributed by atoms with Gasteiger partial charge < -0.3 is 9.52 Å². The van der Waals surface area contributed by atoms with Crippen molar-refractivity contribution in [2.24, 2.45) is 0 Å². The van der Waals surface area contributed by atoms with Gasteiger partial charge in [-0.05, 0) is 18.2 Å². The fourth-order valence-corrected chi connectivity index (χ4v) is 1.61. The molecule has 0 radical (unpaired) electrons. The first-order valence-corrected chi connectivity index (χ1v) is 4.82. The lowest BCUT2D eigenvalue weighted by Gasteiger charge is -1.99. The van der Waals surface area contributed by atoms with Gasteiger partial charge in [-0.25, -0.2) is 0 Å². The first kappa shape index (κ1) is 9.43. The molecule has 0 aliphatic rings. The molecule has 0 saturated heterocycles. The molecule has 0 aliphatic heterocycles. The number of hydrogen-bond acceptors (Lipinski definition) is 3. The van der Waals surface area contributed by atoms with Crippen LogP contribution in [0.5, 0.6) is 0 Å². The lowest BCUT2D eigenvalue weighted by molar-refractivity contribution is 0.277. The standard InChI is InChI=1S/C10H7BrO3/c11-7-1-2-9-8(3-7)10(13)6(4-12)5-14-9/h1-3,5,12H,4H2. The van der Waals surface area contributed by atoms with Crippen molar-refractivity contribution in [2.45, 2.75) is 6.61 Å². The summed E-state index contributed by atoms with van der Waals surface area (Å²) < 4.78 is 6.00. The maximum atomic E-state index is 11.7. The van der Waals surface area contributed by atoms with E-state index in [4.69, 9.17) is 9.52 Å². The number of halogens is 1. The molecular formula is C10H7BrO3. The van der Waals surface area contributed by atoms with Gasteiger partial charge in [0.05, 0.1) is 17.6 Å². The van der Waals surface area contributed by atoms with E-state index in [2.05, 4.69) is 15.9 Å². The Morgan fingerprint density at radius 1 is 1.43 bits per heavy atom. The summed E-state index contributed by atoms with van der Waals surface area (Å²) >= 11 is 3.27. The molecule has 1 heterocycles. The predicted molar refractivity (Wildman–Crippen MR) is 56.1 cm³/mol. The highest BCUT2D eigenvalue weighted by atomic mass is 79.9. The molecule has 4 heteroatoms. The summed E-state index contributed by atoms with van der Waals surface area (Å²) in [4.78, 5) is 11.7. The van der Waals surface area contributed by atoms with Gasteiger partial charge in [-0.15, -0.1) is 0 Å². The first-order chi connectivity index (χ1) is 6.72. The summed E-state index contributed by atoms with van der Waals surface area (Å²) in [6.45, 7) is -0.301. The molecule has 2 aromatic rings. The Hall–Kier alpha value is -1.13. The van der Waals surface area contributed by atoms with Crippen LogP contribution in [0, 0.1) is 0 Å². The Morgan fingerprint density at radius 3 is 2.93 bits per heavy atom. The molecular weight excluding hydrogens is 248 g/mol. The molecule has 0 amide bonds. The van der Waals surface area contributed by atoms with Crippen molar-refractivity contribution in [2.75, 3.05) is 0 Å². The quantitative estimate of drug-likeness (QED) is 0.848. The second kappa shape index (κ2) is 3.55. The molecule has 0 atom stereocenters. The normalized spacial score (nSPS) is 10.7. The zero-order valence-corrected chi connectivity index (χ0v) is 8.74. The first-order valence-electron chi connectivity index (χ1n) is 4.03. The molecule has 0 unspecified atom stereocenters. The van der Waals surface area contributed by atoms with E-state index < -0.39 is 0 Å². The van der Waals surface area contributed by atoms with E-state index in [0.29, 0.717) is 11.0 Å². The van der Waals surface area contributed by atoms with Crippen LogP contribution in [0.25, 0.3) is 11.0 Å². The van der Waals surface area contributed by atoms with Crippen LogP contribution in [-0.4, -0.2) is 5.11 Å². The minimum atomic E-state index is -0.301. The molecule has 0 spiro atoms. The van der Waals surface area contributed by atoms with Crippen molar-refractivity contribution < 1.29 is 9.52 Å². The third-order valence-corrected chi connectivity index (χ3v) is 2.47. The number of rotatable bonds is 1. The Balaban J connectivity index is 2.87. The van der Waals surface area contributed by atoms with E-state index in [1.165, 1.54) is 6.26 Å². The van der Waals surface area contributed by atoms with Crippen molar-refractivity contribution in [3.63, 3.8) is 0 Å². The molecule has 1 aromatic heterocycles. The van der Waals surface area contributed by atoms with Crippen LogP contribution >= 0.6 is 15.9 Å². The molecule has 2 rings (SSSR count). The Kier molecular flexibility index (Phi) is 2.39. The van der Waals surface area contributed by atoms with Gasteiger partial charge in [0.25, 0.3) is 0 Å². The molecule has 0 saturated carbocycles. The van der Waals surface area contributed by atoms with Crippen molar-refractivity contribution in [3.8, 4) is 0 Å². The largest absolute Gasteiger partial charge is 0.464 e. The van der Waals surface area contributed by atoms with Crippen LogP contribution < -0.4 is 5.43 Å². The maximum Gasteiger partial charge on any atom is 0.198 e. The average Bonchev–Trinajstić information content (AvgIpc) is 2.20. The highest BCUT2D eigenvalue weighted by Gasteiger charge is 2.05. The topological polar surface area (TPSA) is 50.4 Å². The second-order valence-electron chi connectivity index (χ2n) is 2.89. The Labute approximate surface area is 88.1 Å². The minimum absolute atomic E-state index is 0.185. The van der Waals surface area contributed by atoms with E-state index in [-0.39, 0.29) is 17.6 Å². The van der Waals surface area contributed by atoms with Gasteiger partial charge >= 0.3 is 0 Å². The van der Waals surface area contributed by atoms with Gasteiger partial charge in [0.15, 0.2) is 5.43 Å². The molecule has 72 valence electrons. The smallest absolute Gasteiger partial charge is 0.198 e. The van der Waals surface area contributed by atoms with Crippen LogP contribution in [0.3, 0.4) is 0 Å². The molecule has 0 aliphatic carbocycles. The van der Waals surface area contributed by atoms with Crippen molar-refractivity contribution >= 4 is 26.9 Å². The van der Waals surface area contributed by atoms with Crippen LogP contribution in [0.2, 0.25) is 0 Å². The SMILES string of the molecule is O=c1c(CO)coc2ccc(Br)cc12. The fraction of sp³-hybridized carbons (Fsp3) is 0.100. The highest BCUT2D eigenvalue weighted by Crippen LogP contribution is 2.17. The lowest BCUT2D eigenvalue weighted by atomic mass is 10.2. The predicted octanol–water partition coefficient (Wildman–Crippen LogP) is 2.05. The van der Waals surface area contributed by atoms with E-state index in [1.54, 1.807) is 18.2 Å². The minimum Gasteiger partial charge on any atom is -0.464 e. The molecule has 0 bridgehead atoms. The lowest BCUT2D eigenvalue weighted by Crippen LogP contribution is -2.08. The fourth-order valence-electron chi connectivity index (χ4n) is 1.25. The maximum absolute atomic E-state index is 11.7. The summed E-state index contributed by atoms with van der Waals surface area (Å²) in [7, 11) is 0. The van der Waals surface area contributed by atoms with Crippen LogP contribution in [0.15, 0.2) is 38.1 Å². The molecule has 1 N–H and O–H groups in total. The Bertz CT molecular complexity index is 530. The second-order valence-corrected chi connectivity index (χ2v) is 3.80. The Morgan fingerprint density at radius 2 is 2.21 bits per heavy atom. The zero-order chi connectivity index (χ0) is 10.1. The van der Waals surface area contributed by atoms with Crippen molar-refractivity contribution in [3.05, 3.63) is 44.7 Å². The van der Waals surface area contributed by atoms with Crippen molar-refractivity contribution in [1.29, 1.82) is 0 Å². The number of aliphatic hydroxyl groups is 1. The highest BCUT2D eigenvalue weighted by molar-refractivity contribution is 9.10. The third kappa shape index (κ3) is 1.47. The van der Waals surface area contributed by atoms with E-state index >= 15 is 0 Å². The number of fused-ring (bicyclic) bond motifs is 1. The average molecular weight is 255 g/mol. The summed E-state index contributed by atoms with van der Waals surface area (Å²) in [6.07, 6.45) is 1.29. The van der Waals surface area contributed by atoms with E-state index in [9.17, 15) is 4.79 Å². The van der Waals surface area contributed by atoms with Gasteiger partial charge in [-0.2, -0.15) is 0 Å². The van der Waals surface area contributed by atoms with Gasteiger partial charge in [0.2, 0.25) is 0 Å². The van der Waals surface area contributed by atoms with Crippen LogP contribution in [0.4, 0.5) is 0 Å². The molecule has 3 nitrogen and oxygen atoms in total.